The van der Waals surface area contributed by atoms with Crippen molar-refractivity contribution in [3.05, 3.63) is 158 Å². The van der Waals surface area contributed by atoms with E-state index in [1.54, 1.807) is 0 Å². The van der Waals surface area contributed by atoms with Crippen LogP contribution in [0.15, 0.2) is 152 Å². The van der Waals surface area contributed by atoms with Crippen molar-refractivity contribution in [2.75, 3.05) is 0 Å². The van der Waals surface area contributed by atoms with Gasteiger partial charge in [-0.05, 0) is 101 Å². The number of pyridine rings is 2. The summed E-state index contributed by atoms with van der Waals surface area (Å²) in [6.07, 6.45) is 5.64. The summed E-state index contributed by atoms with van der Waals surface area (Å²) in [5.74, 6) is 0. The molecule has 2 heteroatoms. The Kier molecular flexibility index (Phi) is 6.73. The van der Waals surface area contributed by atoms with Crippen LogP contribution >= 0.6 is 0 Å². The van der Waals surface area contributed by atoms with Crippen LogP contribution in [0.5, 0.6) is 0 Å². The maximum absolute atomic E-state index is 4.56. The molecule has 0 unspecified atom stereocenters. The van der Waals surface area contributed by atoms with Gasteiger partial charge in [-0.15, -0.1) is 0 Å². The summed E-state index contributed by atoms with van der Waals surface area (Å²) in [7, 11) is 0. The lowest BCUT2D eigenvalue weighted by molar-refractivity contribution is 0.590. The van der Waals surface area contributed by atoms with Gasteiger partial charge >= 0.3 is 0 Å². The summed E-state index contributed by atoms with van der Waals surface area (Å²) in [6.45, 7) is 6.85. The molecule has 0 aliphatic rings. The van der Waals surface area contributed by atoms with Crippen LogP contribution in [0.3, 0.4) is 0 Å². The van der Waals surface area contributed by atoms with E-state index in [0.29, 0.717) is 0 Å². The molecule has 0 saturated carbocycles. The van der Waals surface area contributed by atoms with Gasteiger partial charge in [-0.3, -0.25) is 9.97 Å². The molecule has 0 fully saturated rings. The quantitative estimate of drug-likeness (QED) is 0.191. The van der Waals surface area contributed by atoms with Crippen molar-refractivity contribution in [1.29, 1.82) is 0 Å². The Balaban J connectivity index is 1.32. The van der Waals surface area contributed by atoms with E-state index in [2.05, 4.69) is 146 Å². The number of fused-ring (bicyclic) bond motifs is 3. The van der Waals surface area contributed by atoms with Crippen molar-refractivity contribution in [2.24, 2.45) is 0 Å². The van der Waals surface area contributed by atoms with Crippen molar-refractivity contribution in [3.63, 3.8) is 0 Å². The topological polar surface area (TPSA) is 25.8 Å². The second-order valence-electron chi connectivity index (χ2n) is 13.1. The van der Waals surface area contributed by atoms with Crippen LogP contribution in [0, 0.1) is 0 Å². The highest BCUT2D eigenvalue weighted by Crippen LogP contribution is 2.44. The SMILES string of the molecule is CC(C)(C)c1cccc(-c2c3ccccc3c(-c3ccc4ccc(-c5cncc(-c6ccccn6)c5)cc4c3)c3ccccc23)c1. The van der Waals surface area contributed by atoms with E-state index in [9.17, 15) is 0 Å². The molecule has 0 radical (unpaired) electrons. The molecule has 2 nitrogen and oxygen atoms in total. The van der Waals surface area contributed by atoms with Crippen molar-refractivity contribution in [3.8, 4) is 44.6 Å². The fraction of sp³-hybridized carbons (Fsp3) is 0.0909. The number of hydrogen-bond acceptors (Lipinski definition) is 2. The number of aromatic nitrogens is 2. The number of rotatable bonds is 4. The number of benzene rings is 6. The van der Waals surface area contributed by atoms with E-state index in [1.165, 1.54) is 60.1 Å². The van der Waals surface area contributed by atoms with Gasteiger partial charge in [0.2, 0.25) is 0 Å². The highest BCUT2D eigenvalue weighted by atomic mass is 14.7. The van der Waals surface area contributed by atoms with E-state index >= 15 is 0 Å². The number of hydrogen-bond donors (Lipinski definition) is 0. The molecular formula is C44H34N2. The minimum absolute atomic E-state index is 0.0708. The van der Waals surface area contributed by atoms with Crippen LogP contribution in [0.4, 0.5) is 0 Å². The Labute approximate surface area is 270 Å². The summed E-state index contributed by atoms with van der Waals surface area (Å²) in [4.78, 5) is 9.09. The van der Waals surface area contributed by atoms with E-state index < -0.39 is 0 Å². The average molecular weight is 591 g/mol. The van der Waals surface area contributed by atoms with Crippen LogP contribution in [-0.4, -0.2) is 9.97 Å². The molecule has 0 aliphatic carbocycles. The Hall–Kier alpha value is -5.60. The fourth-order valence-corrected chi connectivity index (χ4v) is 6.74. The van der Waals surface area contributed by atoms with Crippen molar-refractivity contribution < 1.29 is 0 Å². The van der Waals surface area contributed by atoms with Crippen LogP contribution in [-0.2, 0) is 5.41 Å². The molecule has 220 valence electrons. The zero-order valence-corrected chi connectivity index (χ0v) is 26.3. The maximum atomic E-state index is 4.56. The molecular weight excluding hydrogens is 556 g/mol. The number of nitrogens with zero attached hydrogens (tertiary/aromatic N) is 2. The molecule has 46 heavy (non-hydrogen) atoms. The summed E-state index contributed by atoms with van der Waals surface area (Å²) in [5.41, 5.74) is 10.6. The molecule has 8 aromatic rings. The molecule has 0 aliphatic heterocycles. The molecule has 0 amide bonds. The van der Waals surface area contributed by atoms with Gasteiger partial charge in [-0.25, -0.2) is 0 Å². The second kappa shape index (κ2) is 11.1. The zero-order chi connectivity index (χ0) is 31.3. The van der Waals surface area contributed by atoms with E-state index in [4.69, 9.17) is 0 Å². The minimum Gasteiger partial charge on any atom is -0.263 e. The van der Waals surface area contributed by atoms with Crippen LogP contribution < -0.4 is 0 Å². The predicted octanol–water partition coefficient (Wildman–Crippen LogP) is 11.9. The molecule has 0 bridgehead atoms. The fourth-order valence-electron chi connectivity index (χ4n) is 6.74. The average Bonchev–Trinajstić information content (AvgIpc) is 3.10. The van der Waals surface area contributed by atoms with Crippen LogP contribution in [0.25, 0.3) is 77.0 Å². The van der Waals surface area contributed by atoms with Gasteiger partial charge < -0.3 is 0 Å². The third-order valence-electron chi connectivity index (χ3n) is 9.11. The van der Waals surface area contributed by atoms with Gasteiger partial charge in [0.25, 0.3) is 0 Å². The van der Waals surface area contributed by atoms with E-state index in [1.807, 2.05) is 36.8 Å². The molecule has 2 heterocycles. The van der Waals surface area contributed by atoms with Crippen LogP contribution in [0.2, 0.25) is 0 Å². The van der Waals surface area contributed by atoms with Crippen LogP contribution in [0.1, 0.15) is 26.3 Å². The largest absolute Gasteiger partial charge is 0.263 e. The maximum Gasteiger partial charge on any atom is 0.0717 e. The third kappa shape index (κ3) is 4.93. The minimum atomic E-state index is 0.0708. The molecule has 2 aromatic heterocycles. The molecule has 0 atom stereocenters. The first kappa shape index (κ1) is 27.9. The lowest BCUT2D eigenvalue weighted by atomic mass is 9.82. The summed E-state index contributed by atoms with van der Waals surface area (Å²) >= 11 is 0. The Morgan fingerprint density at radius 3 is 1.65 bits per heavy atom. The van der Waals surface area contributed by atoms with Gasteiger partial charge in [0.05, 0.1) is 5.69 Å². The molecule has 0 saturated heterocycles. The van der Waals surface area contributed by atoms with Gasteiger partial charge in [-0.1, -0.05) is 124 Å². The standard InChI is InChI=1S/C44H34N2/c1-44(2,3)36-12-10-11-31(26-36)42-37-13-4-6-15-39(37)43(40-16-7-5-14-38(40)42)32-21-19-29-18-20-30(23-33(29)24-32)34-25-35(28-45-27-34)41-17-8-9-22-46-41/h4-28H,1-3H3. The highest BCUT2D eigenvalue weighted by molar-refractivity contribution is 6.21. The molecule has 0 N–H and O–H groups in total. The summed E-state index contributed by atoms with van der Waals surface area (Å²) in [6, 6.07) is 48.6. The highest BCUT2D eigenvalue weighted by Gasteiger charge is 2.19. The lowest BCUT2D eigenvalue weighted by Crippen LogP contribution is -2.10. The first-order valence-electron chi connectivity index (χ1n) is 15.9. The van der Waals surface area contributed by atoms with Crippen molar-refractivity contribution in [2.45, 2.75) is 26.2 Å². The summed E-state index contributed by atoms with van der Waals surface area (Å²) in [5, 5.41) is 7.49. The lowest BCUT2D eigenvalue weighted by Gasteiger charge is -2.22. The third-order valence-corrected chi connectivity index (χ3v) is 9.11. The Morgan fingerprint density at radius 2 is 1.02 bits per heavy atom. The Morgan fingerprint density at radius 1 is 0.435 bits per heavy atom. The van der Waals surface area contributed by atoms with E-state index in [-0.39, 0.29) is 5.41 Å². The van der Waals surface area contributed by atoms with Crippen molar-refractivity contribution >= 4 is 32.3 Å². The first-order chi connectivity index (χ1) is 22.4. The molecule has 0 spiro atoms. The van der Waals surface area contributed by atoms with Gasteiger partial charge in [0.1, 0.15) is 0 Å². The van der Waals surface area contributed by atoms with Gasteiger partial charge in [0.15, 0.2) is 0 Å². The zero-order valence-electron chi connectivity index (χ0n) is 26.3. The van der Waals surface area contributed by atoms with Crippen molar-refractivity contribution in [1.82, 2.24) is 9.97 Å². The Bertz CT molecular complexity index is 2340. The second-order valence-corrected chi connectivity index (χ2v) is 13.1. The first-order valence-corrected chi connectivity index (χ1v) is 15.9. The monoisotopic (exact) mass is 590 g/mol. The van der Waals surface area contributed by atoms with E-state index in [0.717, 1.165) is 22.4 Å². The molecule has 6 aromatic carbocycles. The normalized spacial score (nSPS) is 11.8. The molecule has 8 rings (SSSR count). The predicted molar refractivity (Wildman–Crippen MR) is 195 cm³/mol. The summed E-state index contributed by atoms with van der Waals surface area (Å²) < 4.78 is 0. The van der Waals surface area contributed by atoms with Gasteiger partial charge in [-0.2, -0.15) is 0 Å². The van der Waals surface area contributed by atoms with Gasteiger partial charge in [0, 0.05) is 29.7 Å². The smallest absolute Gasteiger partial charge is 0.0717 e.